The Morgan fingerprint density at radius 1 is 1.32 bits per heavy atom. The zero-order valence-electron chi connectivity index (χ0n) is 14.9. The monoisotopic (exact) mass is 420 g/mol. The maximum Gasteiger partial charge on any atom is 0.434 e. The fourth-order valence-electron chi connectivity index (χ4n) is 3.25. The van der Waals surface area contributed by atoms with Gasteiger partial charge in [0.25, 0.3) is 5.91 Å². The van der Waals surface area contributed by atoms with Crippen LogP contribution in [0.1, 0.15) is 35.3 Å². The van der Waals surface area contributed by atoms with Crippen molar-refractivity contribution in [3.8, 4) is 5.69 Å². The Balaban J connectivity index is 0.00000280. The average Bonchev–Trinajstić information content (AvgIpc) is 3.08. The Morgan fingerprint density at radius 3 is 2.71 bits per heavy atom. The molecule has 1 aromatic carbocycles. The summed E-state index contributed by atoms with van der Waals surface area (Å²) in [7, 11) is 0. The van der Waals surface area contributed by atoms with Gasteiger partial charge in [-0.25, -0.2) is 9.07 Å². The summed E-state index contributed by atoms with van der Waals surface area (Å²) in [6, 6.07) is 4.98. The van der Waals surface area contributed by atoms with Crippen molar-refractivity contribution >= 4 is 18.3 Å². The number of nitrogens with zero attached hydrogens (tertiary/aromatic N) is 2. The highest BCUT2D eigenvalue weighted by Gasteiger charge is 2.41. The summed E-state index contributed by atoms with van der Waals surface area (Å²) in [4.78, 5) is 12.3. The highest BCUT2D eigenvalue weighted by Crippen LogP contribution is 2.34. The molecule has 2 heterocycles. The van der Waals surface area contributed by atoms with Gasteiger partial charge in [-0.2, -0.15) is 18.3 Å². The van der Waals surface area contributed by atoms with Crippen molar-refractivity contribution in [1.82, 2.24) is 20.4 Å². The molecule has 0 saturated carbocycles. The number of benzene rings is 1. The van der Waals surface area contributed by atoms with E-state index in [9.17, 15) is 22.4 Å². The van der Waals surface area contributed by atoms with Crippen molar-refractivity contribution in [2.75, 3.05) is 19.6 Å². The lowest BCUT2D eigenvalue weighted by Crippen LogP contribution is -2.33. The van der Waals surface area contributed by atoms with Crippen LogP contribution in [0.5, 0.6) is 0 Å². The fourth-order valence-corrected chi connectivity index (χ4v) is 3.25. The molecule has 0 aliphatic carbocycles. The molecule has 1 amide bonds. The molecule has 1 fully saturated rings. The molecule has 1 atom stereocenters. The van der Waals surface area contributed by atoms with E-state index >= 15 is 0 Å². The molecule has 0 radical (unpaired) electrons. The highest BCUT2D eigenvalue weighted by molar-refractivity contribution is 5.95. The minimum absolute atomic E-state index is 0. The molecule has 3 rings (SSSR count). The second kappa shape index (κ2) is 9.38. The fraction of sp³-hybridized carbons (Fsp3) is 0.444. The van der Waals surface area contributed by atoms with Gasteiger partial charge in [0.15, 0.2) is 5.69 Å². The van der Waals surface area contributed by atoms with Crippen LogP contribution in [-0.4, -0.2) is 35.3 Å². The molecule has 1 aromatic heterocycles. The van der Waals surface area contributed by atoms with Crippen LogP contribution >= 0.6 is 12.4 Å². The number of amides is 1. The van der Waals surface area contributed by atoms with E-state index < -0.39 is 29.2 Å². The van der Waals surface area contributed by atoms with Gasteiger partial charge >= 0.3 is 6.18 Å². The summed E-state index contributed by atoms with van der Waals surface area (Å²) >= 11 is 0. The van der Waals surface area contributed by atoms with Gasteiger partial charge in [-0.15, -0.1) is 12.4 Å². The smallest absolute Gasteiger partial charge is 0.352 e. The first-order chi connectivity index (χ1) is 12.9. The van der Waals surface area contributed by atoms with Crippen molar-refractivity contribution in [3.05, 3.63) is 47.5 Å². The van der Waals surface area contributed by atoms with Crippen molar-refractivity contribution in [2.45, 2.75) is 25.4 Å². The summed E-state index contributed by atoms with van der Waals surface area (Å²) in [5.41, 5.74) is -2.27. The number of rotatable bonds is 5. The second-order valence-corrected chi connectivity index (χ2v) is 6.52. The largest absolute Gasteiger partial charge is 0.434 e. The molecule has 1 saturated heterocycles. The topological polar surface area (TPSA) is 59.0 Å². The number of hydrogen-bond donors (Lipinski definition) is 2. The maximum atomic E-state index is 13.9. The Kier molecular flexibility index (Phi) is 7.42. The standard InChI is InChI=1S/C18H20F4N4O.ClH/c19-14-5-1-2-6-15(14)26-16(18(20,21)22)13(11-25-26)17(27)24-9-7-12-4-3-8-23-10-12;/h1-2,5-6,11-12,23H,3-4,7-10H2,(H,24,27);1H. The van der Waals surface area contributed by atoms with Crippen LogP contribution in [0.2, 0.25) is 0 Å². The predicted molar refractivity (Wildman–Crippen MR) is 98.3 cm³/mol. The molecule has 2 N–H and O–H groups in total. The molecule has 1 unspecified atom stereocenters. The van der Waals surface area contributed by atoms with Crippen LogP contribution in [0.3, 0.4) is 0 Å². The van der Waals surface area contributed by atoms with Gasteiger partial charge in [0.05, 0.1) is 11.8 Å². The summed E-state index contributed by atoms with van der Waals surface area (Å²) in [6.07, 6.45) is -1.28. The van der Waals surface area contributed by atoms with Crippen molar-refractivity contribution in [1.29, 1.82) is 0 Å². The number of para-hydroxylation sites is 1. The zero-order chi connectivity index (χ0) is 19.4. The summed E-state index contributed by atoms with van der Waals surface area (Å²) in [6.45, 7) is 2.08. The van der Waals surface area contributed by atoms with Gasteiger partial charge in [-0.1, -0.05) is 12.1 Å². The summed E-state index contributed by atoms with van der Waals surface area (Å²) in [5, 5.41) is 9.39. The van der Waals surface area contributed by atoms with Crippen molar-refractivity contribution < 1.29 is 22.4 Å². The van der Waals surface area contributed by atoms with E-state index in [-0.39, 0.29) is 24.6 Å². The highest BCUT2D eigenvalue weighted by atomic mass is 35.5. The third kappa shape index (κ3) is 5.02. The van der Waals surface area contributed by atoms with Gasteiger partial charge in [-0.3, -0.25) is 4.79 Å². The molecular weight excluding hydrogens is 400 g/mol. The Bertz CT molecular complexity index is 803. The third-order valence-corrected chi connectivity index (χ3v) is 4.60. The van der Waals surface area contributed by atoms with Gasteiger partial charge in [0.2, 0.25) is 0 Å². The first-order valence-corrected chi connectivity index (χ1v) is 8.77. The molecule has 5 nitrogen and oxygen atoms in total. The van der Waals surface area contributed by atoms with Crippen LogP contribution in [0.4, 0.5) is 17.6 Å². The van der Waals surface area contributed by atoms with E-state index in [0.29, 0.717) is 17.0 Å². The van der Waals surface area contributed by atoms with Gasteiger partial charge in [0, 0.05) is 6.54 Å². The normalized spacial score (nSPS) is 17.1. The van der Waals surface area contributed by atoms with Crippen LogP contribution in [-0.2, 0) is 6.18 Å². The summed E-state index contributed by atoms with van der Waals surface area (Å²) < 4.78 is 55.0. The zero-order valence-corrected chi connectivity index (χ0v) is 15.7. The van der Waals surface area contributed by atoms with E-state index in [4.69, 9.17) is 0 Å². The van der Waals surface area contributed by atoms with Crippen LogP contribution in [0.25, 0.3) is 5.69 Å². The molecule has 1 aliphatic rings. The summed E-state index contributed by atoms with van der Waals surface area (Å²) in [5.74, 6) is -1.33. The van der Waals surface area contributed by atoms with Crippen LogP contribution in [0, 0.1) is 11.7 Å². The molecule has 0 spiro atoms. The lowest BCUT2D eigenvalue weighted by atomic mass is 9.96. The van der Waals surface area contributed by atoms with E-state index in [1.807, 2.05) is 0 Å². The molecule has 28 heavy (non-hydrogen) atoms. The molecular formula is C18H21ClF4N4O. The minimum atomic E-state index is -4.86. The average molecular weight is 421 g/mol. The second-order valence-electron chi connectivity index (χ2n) is 6.52. The first kappa shape index (κ1) is 22.2. The van der Waals surface area contributed by atoms with Gasteiger partial charge < -0.3 is 10.6 Å². The quantitative estimate of drug-likeness (QED) is 0.727. The number of nitrogens with one attached hydrogen (secondary N) is 2. The number of carbonyl (C=O) groups excluding carboxylic acids is 1. The minimum Gasteiger partial charge on any atom is -0.352 e. The van der Waals surface area contributed by atoms with Crippen LogP contribution < -0.4 is 10.6 Å². The molecule has 10 heteroatoms. The predicted octanol–water partition coefficient (Wildman–Crippen LogP) is 3.57. The lowest BCUT2D eigenvalue weighted by Gasteiger charge is -2.22. The van der Waals surface area contributed by atoms with E-state index in [1.165, 1.54) is 18.2 Å². The Hall–Kier alpha value is -2.13. The number of piperidine rings is 1. The maximum absolute atomic E-state index is 13.9. The number of aromatic nitrogens is 2. The Morgan fingerprint density at radius 2 is 2.07 bits per heavy atom. The Labute approximate surface area is 165 Å². The van der Waals surface area contributed by atoms with Gasteiger partial charge in [0.1, 0.15) is 11.5 Å². The van der Waals surface area contributed by atoms with E-state index in [2.05, 4.69) is 15.7 Å². The van der Waals surface area contributed by atoms with Crippen molar-refractivity contribution in [2.24, 2.45) is 5.92 Å². The van der Waals surface area contributed by atoms with Crippen molar-refractivity contribution in [3.63, 3.8) is 0 Å². The molecule has 2 aromatic rings. The first-order valence-electron chi connectivity index (χ1n) is 8.77. The third-order valence-electron chi connectivity index (χ3n) is 4.60. The van der Waals surface area contributed by atoms with Crippen LogP contribution in [0.15, 0.2) is 30.5 Å². The molecule has 0 bridgehead atoms. The molecule has 1 aliphatic heterocycles. The number of hydrogen-bond acceptors (Lipinski definition) is 3. The number of alkyl halides is 3. The van der Waals surface area contributed by atoms with E-state index in [1.54, 1.807) is 0 Å². The van der Waals surface area contributed by atoms with Gasteiger partial charge in [-0.05, 0) is 50.4 Å². The van der Waals surface area contributed by atoms with E-state index in [0.717, 1.165) is 38.2 Å². The molecule has 154 valence electrons. The number of halogens is 5. The SMILES string of the molecule is Cl.O=C(NCCC1CCCNC1)c1cnn(-c2ccccc2F)c1C(F)(F)F. The number of carbonyl (C=O) groups is 1. The lowest BCUT2D eigenvalue weighted by molar-refractivity contribution is -0.143.